The highest BCUT2D eigenvalue weighted by atomic mass is 16.6. The van der Waals surface area contributed by atoms with Crippen molar-refractivity contribution >= 4 is 6.09 Å². The Morgan fingerprint density at radius 3 is 2.31 bits per heavy atom. The molecule has 2 atom stereocenters. The molecule has 1 aromatic carbocycles. The van der Waals surface area contributed by atoms with Gasteiger partial charge >= 0.3 is 6.09 Å². The Balaban J connectivity index is 1.69. The molecule has 1 aliphatic rings. The number of rotatable bonds is 6. The Morgan fingerprint density at radius 2 is 1.73 bits per heavy atom. The third kappa shape index (κ3) is 7.36. The van der Waals surface area contributed by atoms with E-state index in [1.165, 1.54) is 24.8 Å². The molecule has 0 aliphatic heterocycles. The second kappa shape index (κ2) is 9.40. The maximum Gasteiger partial charge on any atom is 0.407 e. The van der Waals surface area contributed by atoms with E-state index in [1.807, 2.05) is 20.8 Å². The van der Waals surface area contributed by atoms with Crippen molar-refractivity contribution in [3.8, 4) is 0 Å². The number of carbonyl (C=O) groups excluding carboxylic acids is 1. The minimum atomic E-state index is -0.433. The van der Waals surface area contributed by atoms with Gasteiger partial charge in [0.05, 0.1) is 0 Å². The average Bonchev–Trinajstić information content (AvgIpc) is 2.55. The van der Waals surface area contributed by atoms with E-state index in [0.29, 0.717) is 12.1 Å². The van der Waals surface area contributed by atoms with Gasteiger partial charge in [-0.2, -0.15) is 0 Å². The number of amides is 1. The van der Waals surface area contributed by atoms with E-state index in [4.69, 9.17) is 4.74 Å². The van der Waals surface area contributed by atoms with Gasteiger partial charge < -0.3 is 15.4 Å². The van der Waals surface area contributed by atoms with Crippen LogP contribution >= 0.6 is 0 Å². The second-order valence-corrected chi connectivity index (χ2v) is 8.80. The molecule has 0 unspecified atom stereocenters. The van der Waals surface area contributed by atoms with E-state index in [0.717, 1.165) is 18.8 Å². The summed E-state index contributed by atoms with van der Waals surface area (Å²) in [5, 5.41) is 6.75. The van der Waals surface area contributed by atoms with Gasteiger partial charge in [-0.05, 0) is 78.2 Å². The number of carbonyl (C=O) groups is 1. The number of ether oxygens (including phenoxy) is 1. The second-order valence-electron chi connectivity index (χ2n) is 8.80. The van der Waals surface area contributed by atoms with Crippen LogP contribution in [0.1, 0.15) is 78.3 Å². The molecule has 0 saturated heterocycles. The molecule has 2 rings (SSSR count). The fourth-order valence-electron chi connectivity index (χ4n) is 3.85. The topological polar surface area (TPSA) is 50.4 Å². The highest BCUT2D eigenvalue weighted by Gasteiger charge is 2.25. The van der Waals surface area contributed by atoms with E-state index < -0.39 is 5.60 Å². The van der Waals surface area contributed by atoms with Gasteiger partial charge in [-0.3, -0.25) is 0 Å². The van der Waals surface area contributed by atoms with Crippen molar-refractivity contribution in [3.63, 3.8) is 0 Å². The third-order valence-corrected chi connectivity index (χ3v) is 5.09. The number of hydrogen-bond acceptors (Lipinski definition) is 3. The number of nitrogens with one attached hydrogen (secondary N) is 2. The van der Waals surface area contributed by atoms with Crippen LogP contribution < -0.4 is 10.6 Å². The molecular weight excluding hydrogens is 324 g/mol. The lowest BCUT2D eigenvalue weighted by Gasteiger charge is -2.32. The highest BCUT2D eigenvalue weighted by Crippen LogP contribution is 2.28. The molecule has 1 aromatic rings. The average molecular weight is 361 g/mol. The maximum absolute atomic E-state index is 11.9. The van der Waals surface area contributed by atoms with Gasteiger partial charge in [-0.15, -0.1) is 0 Å². The molecule has 0 aromatic heterocycles. The van der Waals surface area contributed by atoms with Crippen LogP contribution in [0.3, 0.4) is 0 Å². The first-order valence-corrected chi connectivity index (χ1v) is 10.0. The van der Waals surface area contributed by atoms with Crippen LogP contribution in [0.5, 0.6) is 0 Å². The third-order valence-electron chi connectivity index (χ3n) is 5.09. The van der Waals surface area contributed by atoms with E-state index in [2.05, 4.69) is 54.8 Å². The lowest BCUT2D eigenvalue weighted by Crippen LogP contribution is -2.41. The zero-order valence-electron chi connectivity index (χ0n) is 17.0. The molecule has 2 N–H and O–H groups in total. The molecule has 0 heterocycles. The smallest absolute Gasteiger partial charge is 0.407 e. The summed E-state index contributed by atoms with van der Waals surface area (Å²) in [7, 11) is 0. The molecular formula is C22H36N2O2. The van der Waals surface area contributed by atoms with Crippen molar-refractivity contribution in [1.82, 2.24) is 10.6 Å². The Labute approximate surface area is 159 Å². The Bertz CT molecular complexity index is 545. The van der Waals surface area contributed by atoms with E-state index in [1.54, 1.807) is 0 Å². The fourth-order valence-corrected chi connectivity index (χ4v) is 3.85. The van der Waals surface area contributed by atoms with Crippen molar-refractivity contribution in [3.05, 3.63) is 35.9 Å². The summed E-state index contributed by atoms with van der Waals surface area (Å²) < 4.78 is 5.36. The van der Waals surface area contributed by atoms with E-state index in [-0.39, 0.29) is 12.1 Å². The quantitative estimate of drug-likeness (QED) is 0.733. The van der Waals surface area contributed by atoms with Gasteiger partial charge in [0.25, 0.3) is 0 Å². The summed E-state index contributed by atoms with van der Waals surface area (Å²) >= 11 is 0. The Morgan fingerprint density at radius 1 is 1.12 bits per heavy atom. The highest BCUT2D eigenvalue weighted by molar-refractivity contribution is 5.68. The van der Waals surface area contributed by atoms with Gasteiger partial charge in [-0.25, -0.2) is 4.79 Å². The largest absolute Gasteiger partial charge is 0.444 e. The first-order chi connectivity index (χ1) is 12.2. The van der Waals surface area contributed by atoms with Gasteiger partial charge in [0.2, 0.25) is 0 Å². The first-order valence-electron chi connectivity index (χ1n) is 10.0. The summed E-state index contributed by atoms with van der Waals surface area (Å²) in [6, 6.07) is 11.7. The molecule has 1 saturated carbocycles. The van der Waals surface area contributed by atoms with Crippen LogP contribution in [-0.2, 0) is 4.74 Å². The number of hydrogen-bond donors (Lipinski definition) is 2. The molecule has 0 bridgehead atoms. The summed E-state index contributed by atoms with van der Waals surface area (Å²) in [6.07, 6.45) is 5.34. The lowest BCUT2D eigenvalue weighted by molar-refractivity contribution is 0.0486. The molecule has 4 heteroatoms. The Kier molecular flexibility index (Phi) is 7.51. The van der Waals surface area contributed by atoms with Crippen molar-refractivity contribution < 1.29 is 9.53 Å². The normalized spacial score (nSPS) is 23.1. The van der Waals surface area contributed by atoms with Crippen molar-refractivity contribution in [2.24, 2.45) is 5.92 Å². The molecule has 26 heavy (non-hydrogen) atoms. The zero-order chi connectivity index (χ0) is 19.2. The predicted octanol–water partition coefficient (Wildman–Crippen LogP) is 5.20. The molecule has 0 spiro atoms. The minimum Gasteiger partial charge on any atom is -0.444 e. The van der Waals surface area contributed by atoms with Crippen LogP contribution in [0.25, 0.3) is 0 Å². The summed E-state index contributed by atoms with van der Waals surface area (Å²) in [6.45, 7) is 10.2. The predicted molar refractivity (Wildman–Crippen MR) is 107 cm³/mol. The van der Waals surface area contributed by atoms with Crippen molar-refractivity contribution in [2.75, 3.05) is 0 Å². The van der Waals surface area contributed by atoms with Crippen LogP contribution in [0.4, 0.5) is 4.79 Å². The standard InChI is InChI=1S/C22H36N2O2/c1-16(23-17(2)19-9-7-6-8-10-19)15-18-11-13-20(14-12-18)24-21(25)26-22(3,4)5/h6-10,16-18,20,23H,11-15H2,1-5H3,(H,24,25)/t16-,17-,18?,20?/m0/s1. The molecule has 1 aliphatic carbocycles. The van der Waals surface area contributed by atoms with Gasteiger partial charge in [0, 0.05) is 18.1 Å². The van der Waals surface area contributed by atoms with Crippen LogP contribution in [0.15, 0.2) is 30.3 Å². The van der Waals surface area contributed by atoms with E-state index in [9.17, 15) is 4.79 Å². The van der Waals surface area contributed by atoms with Crippen LogP contribution in [-0.4, -0.2) is 23.8 Å². The zero-order valence-corrected chi connectivity index (χ0v) is 17.0. The first kappa shape index (κ1) is 20.8. The molecule has 4 nitrogen and oxygen atoms in total. The van der Waals surface area contributed by atoms with Gasteiger partial charge in [0.1, 0.15) is 5.60 Å². The van der Waals surface area contributed by atoms with Crippen LogP contribution in [0, 0.1) is 5.92 Å². The molecule has 1 amide bonds. The van der Waals surface area contributed by atoms with Gasteiger partial charge in [0.15, 0.2) is 0 Å². The van der Waals surface area contributed by atoms with Crippen molar-refractivity contribution in [1.29, 1.82) is 0 Å². The molecule has 1 fully saturated rings. The minimum absolute atomic E-state index is 0.257. The lowest BCUT2D eigenvalue weighted by atomic mass is 9.82. The van der Waals surface area contributed by atoms with Crippen molar-refractivity contribution in [2.45, 2.75) is 90.4 Å². The summed E-state index contributed by atoms with van der Waals surface area (Å²) in [5.41, 5.74) is 0.905. The van der Waals surface area contributed by atoms with E-state index >= 15 is 0 Å². The maximum atomic E-state index is 11.9. The number of benzene rings is 1. The van der Waals surface area contributed by atoms with Gasteiger partial charge in [-0.1, -0.05) is 30.3 Å². The Hall–Kier alpha value is -1.55. The monoisotopic (exact) mass is 360 g/mol. The summed E-state index contributed by atoms with van der Waals surface area (Å²) in [5.74, 6) is 0.733. The summed E-state index contributed by atoms with van der Waals surface area (Å²) in [4.78, 5) is 11.9. The molecule has 146 valence electrons. The fraction of sp³-hybridized carbons (Fsp3) is 0.682. The van der Waals surface area contributed by atoms with Crippen LogP contribution in [0.2, 0.25) is 0 Å². The molecule has 0 radical (unpaired) electrons. The SMILES string of the molecule is C[C@H](N[C@@H](C)CC1CCC(NC(=O)OC(C)(C)C)CC1)c1ccccc1. The number of alkyl carbamates (subject to hydrolysis) is 1.